The van der Waals surface area contributed by atoms with Crippen LogP contribution in [-0.4, -0.2) is 26.6 Å². The number of para-hydroxylation sites is 2. The lowest BCUT2D eigenvalue weighted by molar-refractivity contribution is -0.127. The van der Waals surface area contributed by atoms with E-state index in [1.54, 1.807) is 0 Å². The van der Waals surface area contributed by atoms with Gasteiger partial charge in [0.2, 0.25) is 5.91 Å². The summed E-state index contributed by atoms with van der Waals surface area (Å²) in [7, 11) is 0. The highest BCUT2D eigenvalue weighted by molar-refractivity contribution is 5.77. The molecule has 1 fully saturated rings. The molecule has 5 heteroatoms. The number of hydrogen-bond donors (Lipinski definition) is 3. The summed E-state index contributed by atoms with van der Waals surface area (Å²) in [6.07, 6.45) is 4.81. The molecule has 21 heavy (non-hydrogen) atoms. The van der Waals surface area contributed by atoms with Crippen molar-refractivity contribution in [2.75, 3.05) is 0 Å². The molecule has 0 aliphatic heterocycles. The third kappa shape index (κ3) is 3.42. The van der Waals surface area contributed by atoms with Gasteiger partial charge in [0.05, 0.1) is 29.6 Å². The lowest BCUT2D eigenvalue weighted by Crippen LogP contribution is -2.38. The standard InChI is InChI=1S/C16H21N3O2/c20-15(10-16(21)8-4-1-5-9-16)17-11-14-18-12-6-2-3-7-13(12)19-14/h2-3,6-7,21H,1,4-5,8-11H2,(H,17,20)(H,18,19). The van der Waals surface area contributed by atoms with Crippen LogP contribution in [0.4, 0.5) is 0 Å². The van der Waals surface area contributed by atoms with Crippen molar-refractivity contribution in [1.29, 1.82) is 0 Å². The molecule has 0 unspecified atom stereocenters. The Bertz CT molecular complexity index is 596. The zero-order chi connectivity index (χ0) is 14.7. The zero-order valence-electron chi connectivity index (χ0n) is 12.1. The molecule has 1 aromatic carbocycles. The minimum Gasteiger partial charge on any atom is -0.389 e. The first kappa shape index (κ1) is 14.1. The van der Waals surface area contributed by atoms with Gasteiger partial charge in [-0.1, -0.05) is 31.4 Å². The van der Waals surface area contributed by atoms with Crippen molar-refractivity contribution < 1.29 is 9.90 Å². The van der Waals surface area contributed by atoms with Crippen LogP contribution in [0, 0.1) is 0 Å². The van der Waals surface area contributed by atoms with Crippen LogP contribution in [-0.2, 0) is 11.3 Å². The number of imidazole rings is 1. The third-order valence-electron chi connectivity index (χ3n) is 4.17. The zero-order valence-corrected chi connectivity index (χ0v) is 12.1. The van der Waals surface area contributed by atoms with E-state index in [0.717, 1.165) is 49.0 Å². The van der Waals surface area contributed by atoms with E-state index in [2.05, 4.69) is 15.3 Å². The first-order valence-corrected chi connectivity index (χ1v) is 7.57. The minimum absolute atomic E-state index is 0.111. The van der Waals surface area contributed by atoms with Crippen LogP contribution in [0.3, 0.4) is 0 Å². The molecule has 0 radical (unpaired) electrons. The Morgan fingerprint density at radius 2 is 2.05 bits per heavy atom. The highest BCUT2D eigenvalue weighted by atomic mass is 16.3. The Morgan fingerprint density at radius 1 is 1.29 bits per heavy atom. The fraction of sp³-hybridized carbons (Fsp3) is 0.500. The molecule has 5 nitrogen and oxygen atoms in total. The van der Waals surface area contributed by atoms with Gasteiger partial charge in [-0.05, 0) is 25.0 Å². The number of carbonyl (C=O) groups excluding carboxylic acids is 1. The number of benzene rings is 1. The van der Waals surface area contributed by atoms with Crippen LogP contribution in [0.25, 0.3) is 11.0 Å². The Morgan fingerprint density at radius 3 is 2.81 bits per heavy atom. The number of nitrogens with one attached hydrogen (secondary N) is 2. The molecule has 2 aromatic rings. The Hall–Kier alpha value is -1.88. The summed E-state index contributed by atoms with van der Waals surface area (Å²) in [5.74, 6) is 0.625. The smallest absolute Gasteiger partial charge is 0.223 e. The predicted octanol–water partition coefficient (Wildman–Crippen LogP) is 2.26. The average Bonchev–Trinajstić information content (AvgIpc) is 2.88. The summed E-state index contributed by atoms with van der Waals surface area (Å²) in [6, 6.07) is 7.77. The number of amides is 1. The van der Waals surface area contributed by atoms with Crippen molar-refractivity contribution in [3.63, 3.8) is 0 Å². The predicted molar refractivity (Wildman–Crippen MR) is 80.6 cm³/mol. The second-order valence-electron chi connectivity index (χ2n) is 5.94. The molecule has 3 rings (SSSR count). The van der Waals surface area contributed by atoms with Gasteiger partial charge >= 0.3 is 0 Å². The first-order chi connectivity index (χ1) is 10.1. The fourth-order valence-corrected chi connectivity index (χ4v) is 3.02. The van der Waals surface area contributed by atoms with Crippen LogP contribution in [0.5, 0.6) is 0 Å². The first-order valence-electron chi connectivity index (χ1n) is 7.57. The topological polar surface area (TPSA) is 78.0 Å². The number of fused-ring (bicyclic) bond motifs is 1. The van der Waals surface area contributed by atoms with Crippen LogP contribution in [0.15, 0.2) is 24.3 Å². The van der Waals surface area contributed by atoms with Crippen LogP contribution in [0.1, 0.15) is 44.3 Å². The molecule has 112 valence electrons. The summed E-state index contributed by atoms with van der Waals surface area (Å²) < 4.78 is 0. The van der Waals surface area contributed by atoms with Gasteiger partial charge in [0, 0.05) is 0 Å². The average molecular weight is 287 g/mol. The van der Waals surface area contributed by atoms with Gasteiger partial charge in [0.25, 0.3) is 0 Å². The molecular weight excluding hydrogens is 266 g/mol. The van der Waals surface area contributed by atoms with Gasteiger partial charge < -0.3 is 15.4 Å². The second-order valence-corrected chi connectivity index (χ2v) is 5.94. The molecule has 1 aliphatic carbocycles. The number of rotatable bonds is 4. The second kappa shape index (κ2) is 5.85. The van der Waals surface area contributed by atoms with Crippen molar-refractivity contribution in [2.45, 2.75) is 50.7 Å². The highest BCUT2D eigenvalue weighted by Gasteiger charge is 2.31. The molecule has 1 aliphatic rings. The highest BCUT2D eigenvalue weighted by Crippen LogP contribution is 2.30. The molecular formula is C16H21N3O2. The molecule has 1 saturated carbocycles. The normalized spacial score (nSPS) is 17.8. The van der Waals surface area contributed by atoms with Gasteiger partial charge in [-0.2, -0.15) is 0 Å². The van der Waals surface area contributed by atoms with Crippen LogP contribution >= 0.6 is 0 Å². The Labute approximate surface area is 123 Å². The van der Waals surface area contributed by atoms with Gasteiger partial charge in [-0.15, -0.1) is 0 Å². The molecule has 0 atom stereocenters. The van der Waals surface area contributed by atoms with E-state index < -0.39 is 5.60 Å². The van der Waals surface area contributed by atoms with Crippen LogP contribution in [0.2, 0.25) is 0 Å². The summed E-state index contributed by atoms with van der Waals surface area (Å²) in [4.78, 5) is 19.6. The van der Waals surface area contributed by atoms with Crippen molar-refractivity contribution in [3.05, 3.63) is 30.1 Å². The van der Waals surface area contributed by atoms with E-state index in [9.17, 15) is 9.90 Å². The number of aliphatic hydroxyl groups is 1. The van der Waals surface area contributed by atoms with Gasteiger partial charge in [-0.3, -0.25) is 4.79 Å². The number of nitrogens with zero attached hydrogens (tertiary/aromatic N) is 1. The van der Waals surface area contributed by atoms with E-state index in [0.29, 0.717) is 6.54 Å². The van der Waals surface area contributed by atoms with E-state index in [1.165, 1.54) is 0 Å². The summed E-state index contributed by atoms with van der Waals surface area (Å²) in [5, 5.41) is 13.2. The van der Waals surface area contributed by atoms with E-state index in [4.69, 9.17) is 0 Å². The van der Waals surface area contributed by atoms with E-state index in [-0.39, 0.29) is 12.3 Å². The van der Waals surface area contributed by atoms with Crippen molar-refractivity contribution in [3.8, 4) is 0 Å². The Kier molecular flexibility index (Phi) is 3.92. The summed E-state index contributed by atoms with van der Waals surface area (Å²) in [5.41, 5.74) is 1.05. The monoisotopic (exact) mass is 287 g/mol. The lowest BCUT2D eigenvalue weighted by Gasteiger charge is -2.31. The molecule has 1 amide bonds. The lowest BCUT2D eigenvalue weighted by atomic mass is 9.82. The third-order valence-corrected chi connectivity index (χ3v) is 4.17. The van der Waals surface area contributed by atoms with E-state index in [1.807, 2.05) is 24.3 Å². The molecule has 1 aromatic heterocycles. The fourth-order valence-electron chi connectivity index (χ4n) is 3.02. The minimum atomic E-state index is -0.809. The SMILES string of the molecule is O=C(CC1(O)CCCCC1)NCc1nc2ccccc2[nH]1. The maximum atomic E-state index is 12.0. The molecule has 1 heterocycles. The largest absolute Gasteiger partial charge is 0.389 e. The summed E-state index contributed by atoms with van der Waals surface area (Å²) >= 11 is 0. The van der Waals surface area contributed by atoms with Crippen LogP contribution < -0.4 is 5.32 Å². The van der Waals surface area contributed by atoms with E-state index >= 15 is 0 Å². The number of aromatic nitrogens is 2. The van der Waals surface area contributed by atoms with Gasteiger partial charge in [0.1, 0.15) is 5.82 Å². The molecule has 0 saturated heterocycles. The quantitative estimate of drug-likeness (QED) is 0.807. The number of hydrogen-bond acceptors (Lipinski definition) is 3. The number of aromatic amines is 1. The van der Waals surface area contributed by atoms with Crippen molar-refractivity contribution in [2.24, 2.45) is 0 Å². The molecule has 0 spiro atoms. The summed E-state index contributed by atoms with van der Waals surface area (Å²) in [6.45, 7) is 0.365. The van der Waals surface area contributed by atoms with Gasteiger partial charge in [0.15, 0.2) is 0 Å². The number of carbonyl (C=O) groups is 1. The Balaban J connectivity index is 1.55. The maximum absolute atomic E-state index is 12.0. The molecule has 0 bridgehead atoms. The maximum Gasteiger partial charge on any atom is 0.223 e. The van der Waals surface area contributed by atoms with Crippen molar-refractivity contribution in [1.82, 2.24) is 15.3 Å². The van der Waals surface area contributed by atoms with Gasteiger partial charge in [-0.25, -0.2) is 4.98 Å². The molecule has 3 N–H and O–H groups in total. The number of H-pyrrole nitrogens is 1. The van der Waals surface area contributed by atoms with Crippen molar-refractivity contribution >= 4 is 16.9 Å².